The summed E-state index contributed by atoms with van der Waals surface area (Å²) >= 11 is 0. The van der Waals surface area contributed by atoms with Crippen molar-refractivity contribution in [2.24, 2.45) is 17.8 Å². The zero-order valence-electron chi connectivity index (χ0n) is 21.2. The number of fused-ring (bicyclic) bond motifs is 2. The highest BCUT2D eigenvalue weighted by Gasteiger charge is 2.42. The predicted octanol–water partition coefficient (Wildman–Crippen LogP) is 0.880. The lowest BCUT2D eigenvalue weighted by Crippen LogP contribution is -2.58. The minimum absolute atomic E-state index is 0.00281. The third-order valence-electron chi connectivity index (χ3n) is 9.52. The van der Waals surface area contributed by atoms with Crippen molar-refractivity contribution >= 4 is 11.8 Å². The molecule has 2 amide bonds. The molecule has 5 aliphatic rings. The van der Waals surface area contributed by atoms with Gasteiger partial charge in [0.05, 0.1) is 6.04 Å². The minimum Gasteiger partial charge on any atom is -0.350 e. The lowest BCUT2D eigenvalue weighted by Gasteiger charge is -2.39. The van der Waals surface area contributed by atoms with Crippen LogP contribution < -0.4 is 21.3 Å². The fourth-order valence-electron chi connectivity index (χ4n) is 7.45. The molecule has 4 saturated heterocycles. The average molecular weight is 475 g/mol. The molecule has 4 N–H and O–H groups in total. The maximum atomic E-state index is 13.4. The minimum atomic E-state index is -0.0874. The number of nitrogens with one attached hydrogen (secondary N) is 4. The molecule has 8 nitrogen and oxygen atoms in total. The summed E-state index contributed by atoms with van der Waals surface area (Å²) < 4.78 is 0. The second-order valence-corrected chi connectivity index (χ2v) is 11.8. The number of piperazine rings is 1. The quantitative estimate of drug-likeness (QED) is 0.457. The van der Waals surface area contributed by atoms with Gasteiger partial charge in [-0.3, -0.25) is 14.5 Å². The van der Waals surface area contributed by atoms with Crippen LogP contribution in [0.2, 0.25) is 0 Å². The zero-order valence-corrected chi connectivity index (χ0v) is 21.2. The Kier molecular flexibility index (Phi) is 7.78. The van der Waals surface area contributed by atoms with E-state index in [2.05, 4.69) is 44.9 Å². The van der Waals surface area contributed by atoms with Crippen LogP contribution in [0.15, 0.2) is 0 Å². The highest BCUT2D eigenvalue weighted by Crippen LogP contribution is 2.36. The largest absolute Gasteiger partial charge is 0.350 e. The molecule has 1 aliphatic carbocycles. The van der Waals surface area contributed by atoms with Gasteiger partial charge in [-0.25, -0.2) is 0 Å². The standard InChI is InChI=1S/C26H46N6O2/c1-17-5-3-7-19-13-22(29-24(17)19)26(34)30-21(25-18(2)6-4-10-28-25)8-9-23(33)31-11-12-32-16-27-14-20(32)15-31/h17-22,24-25,27-29H,3-16H2,1-2H3,(H,30,34). The number of carbonyl (C=O) groups is 2. The van der Waals surface area contributed by atoms with Crippen LogP contribution in [-0.4, -0.2) is 91.2 Å². The Morgan fingerprint density at radius 2 is 1.94 bits per heavy atom. The first-order valence-electron chi connectivity index (χ1n) is 14.0. The summed E-state index contributed by atoms with van der Waals surface area (Å²) in [6, 6.07) is 1.09. The van der Waals surface area contributed by atoms with Gasteiger partial charge in [0.2, 0.25) is 11.8 Å². The number of hydrogen-bond donors (Lipinski definition) is 4. The van der Waals surface area contributed by atoms with Gasteiger partial charge in [0.15, 0.2) is 0 Å². The molecule has 1 saturated carbocycles. The van der Waals surface area contributed by atoms with Crippen molar-refractivity contribution in [2.45, 2.75) is 95.4 Å². The first-order valence-corrected chi connectivity index (χ1v) is 14.0. The summed E-state index contributed by atoms with van der Waals surface area (Å²) in [4.78, 5) is 31.1. The smallest absolute Gasteiger partial charge is 0.237 e. The van der Waals surface area contributed by atoms with E-state index in [4.69, 9.17) is 0 Å². The molecule has 4 heterocycles. The Hall–Kier alpha value is -1.22. The molecule has 5 rings (SSSR count). The van der Waals surface area contributed by atoms with Gasteiger partial charge in [-0.2, -0.15) is 0 Å². The van der Waals surface area contributed by atoms with Crippen LogP contribution in [0.5, 0.6) is 0 Å². The summed E-state index contributed by atoms with van der Waals surface area (Å²) in [5.41, 5.74) is 0. The molecule has 0 aromatic rings. The van der Waals surface area contributed by atoms with Crippen LogP contribution in [-0.2, 0) is 9.59 Å². The Bertz CT molecular complexity index is 734. The first kappa shape index (κ1) is 24.5. The first-order chi connectivity index (χ1) is 16.5. The van der Waals surface area contributed by atoms with Gasteiger partial charge in [0.25, 0.3) is 0 Å². The van der Waals surface area contributed by atoms with E-state index in [0.717, 1.165) is 45.8 Å². The molecule has 4 aliphatic heterocycles. The van der Waals surface area contributed by atoms with Gasteiger partial charge in [-0.05, 0) is 62.8 Å². The lowest BCUT2D eigenvalue weighted by atomic mass is 9.78. The molecule has 8 atom stereocenters. The molecule has 8 heteroatoms. The van der Waals surface area contributed by atoms with E-state index in [0.29, 0.717) is 42.7 Å². The number of carbonyl (C=O) groups excluding carboxylic acids is 2. The Morgan fingerprint density at radius 3 is 2.76 bits per heavy atom. The monoisotopic (exact) mass is 474 g/mol. The van der Waals surface area contributed by atoms with Gasteiger partial charge < -0.3 is 26.2 Å². The molecule has 0 aromatic heterocycles. The molecular weight excluding hydrogens is 428 g/mol. The van der Waals surface area contributed by atoms with Crippen LogP contribution in [0.1, 0.15) is 65.2 Å². The molecule has 192 valence electrons. The van der Waals surface area contributed by atoms with Crippen LogP contribution in [0.4, 0.5) is 0 Å². The predicted molar refractivity (Wildman–Crippen MR) is 133 cm³/mol. The molecule has 34 heavy (non-hydrogen) atoms. The van der Waals surface area contributed by atoms with E-state index < -0.39 is 0 Å². The number of hydrogen-bond acceptors (Lipinski definition) is 6. The third kappa shape index (κ3) is 5.30. The van der Waals surface area contributed by atoms with Crippen molar-refractivity contribution in [3.63, 3.8) is 0 Å². The second kappa shape index (κ2) is 10.8. The lowest BCUT2D eigenvalue weighted by molar-refractivity contribution is -0.134. The number of amides is 2. The molecule has 0 spiro atoms. The summed E-state index contributed by atoms with van der Waals surface area (Å²) in [5, 5.41) is 14.2. The van der Waals surface area contributed by atoms with E-state index in [-0.39, 0.29) is 29.9 Å². The molecule has 0 radical (unpaired) electrons. The maximum Gasteiger partial charge on any atom is 0.237 e. The van der Waals surface area contributed by atoms with E-state index >= 15 is 0 Å². The van der Waals surface area contributed by atoms with Crippen LogP contribution in [0.3, 0.4) is 0 Å². The van der Waals surface area contributed by atoms with Crippen molar-refractivity contribution in [2.75, 3.05) is 39.4 Å². The van der Waals surface area contributed by atoms with Gasteiger partial charge in [0, 0.05) is 63.4 Å². The number of piperidine rings is 1. The van der Waals surface area contributed by atoms with E-state index in [9.17, 15) is 9.59 Å². The van der Waals surface area contributed by atoms with E-state index in [1.807, 2.05) is 0 Å². The summed E-state index contributed by atoms with van der Waals surface area (Å²) in [7, 11) is 0. The molecule has 0 aromatic carbocycles. The maximum absolute atomic E-state index is 13.4. The van der Waals surface area contributed by atoms with Crippen LogP contribution >= 0.6 is 0 Å². The van der Waals surface area contributed by atoms with Crippen molar-refractivity contribution in [3.05, 3.63) is 0 Å². The van der Waals surface area contributed by atoms with Crippen molar-refractivity contribution in [1.29, 1.82) is 0 Å². The zero-order chi connectivity index (χ0) is 23.7. The summed E-state index contributed by atoms with van der Waals surface area (Å²) in [6.07, 6.45) is 8.34. The van der Waals surface area contributed by atoms with Crippen molar-refractivity contribution in [1.82, 2.24) is 31.1 Å². The molecule has 5 fully saturated rings. The Balaban J connectivity index is 1.19. The van der Waals surface area contributed by atoms with E-state index in [1.165, 1.54) is 32.1 Å². The fraction of sp³-hybridized carbons (Fsp3) is 0.923. The molecule has 0 bridgehead atoms. The topological polar surface area (TPSA) is 88.7 Å². The van der Waals surface area contributed by atoms with Crippen LogP contribution in [0.25, 0.3) is 0 Å². The van der Waals surface area contributed by atoms with Gasteiger partial charge >= 0.3 is 0 Å². The Morgan fingerprint density at radius 1 is 1.09 bits per heavy atom. The van der Waals surface area contributed by atoms with Crippen LogP contribution in [0, 0.1) is 17.8 Å². The molecule has 8 unspecified atom stereocenters. The highest BCUT2D eigenvalue weighted by molar-refractivity contribution is 5.83. The SMILES string of the molecule is CC1CCCC2CC(C(=O)NC(CCC(=O)N3CCN4CNCC4C3)C3NCCCC3C)NC12. The van der Waals surface area contributed by atoms with Crippen molar-refractivity contribution < 1.29 is 9.59 Å². The second-order valence-electron chi connectivity index (χ2n) is 11.8. The number of rotatable bonds is 6. The van der Waals surface area contributed by atoms with Gasteiger partial charge in [-0.15, -0.1) is 0 Å². The normalized spacial score (nSPS) is 39.4. The number of nitrogens with zero attached hydrogens (tertiary/aromatic N) is 2. The van der Waals surface area contributed by atoms with Gasteiger partial charge in [-0.1, -0.05) is 20.3 Å². The average Bonchev–Trinajstić information content (AvgIpc) is 3.49. The van der Waals surface area contributed by atoms with Gasteiger partial charge in [0.1, 0.15) is 0 Å². The van der Waals surface area contributed by atoms with E-state index in [1.54, 1.807) is 0 Å². The Labute approximate surface area is 205 Å². The fourth-order valence-corrected chi connectivity index (χ4v) is 7.45. The van der Waals surface area contributed by atoms with Crippen molar-refractivity contribution in [3.8, 4) is 0 Å². The highest BCUT2D eigenvalue weighted by atomic mass is 16.2. The third-order valence-corrected chi connectivity index (χ3v) is 9.52. The summed E-state index contributed by atoms with van der Waals surface area (Å²) in [6.45, 7) is 10.1. The molecular formula is C26H46N6O2. The summed E-state index contributed by atoms with van der Waals surface area (Å²) in [5.74, 6) is 2.18.